The molecule has 13 heteroatoms. The summed E-state index contributed by atoms with van der Waals surface area (Å²) in [5.41, 5.74) is -1.43. The van der Waals surface area contributed by atoms with Gasteiger partial charge in [0.1, 0.15) is 10.7 Å². The van der Waals surface area contributed by atoms with Crippen molar-refractivity contribution in [2.45, 2.75) is 28.8 Å². The van der Waals surface area contributed by atoms with Crippen LogP contribution >= 0.6 is 0 Å². The van der Waals surface area contributed by atoms with Gasteiger partial charge in [-0.1, -0.05) is 0 Å². The molecule has 1 aliphatic heterocycles. The van der Waals surface area contributed by atoms with Crippen LogP contribution in [0, 0.1) is 5.82 Å². The standard InChI is InChI=1S/C18H16F4N2O5S2/c19-15-11-14(31(28,29)24-9-1-2-10-24)7-8-16(15)30(26,27)23-17(25)12-3-5-13(6-4-12)18(20,21)22/h3-8,11H,1-2,9-10H2,(H,23,25). The number of amides is 1. The monoisotopic (exact) mass is 480 g/mol. The lowest BCUT2D eigenvalue weighted by molar-refractivity contribution is -0.137. The molecule has 1 N–H and O–H groups in total. The summed E-state index contributed by atoms with van der Waals surface area (Å²) >= 11 is 0. The van der Waals surface area contributed by atoms with Crippen LogP contribution in [0.2, 0.25) is 0 Å². The van der Waals surface area contributed by atoms with Crippen molar-refractivity contribution in [2.75, 3.05) is 13.1 Å². The number of nitrogens with zero attached hydrogens (tertiary/aromatic N) is 1. The fourth-order valence-corrected chi connectivity index (χ4v) is 5.55. The van der Waals surface area contributed by atoms with Gasteiger partial charge in [0, 0.05) is 18.7 Å². The molecule has 1 heterocycles. The number of rotatable bonds is 5. The first-order valence-corrected chi connectivity index (χ1v) is 11.8. The number of hydrogen-bond acceptors (Lipinski definition) is 5. The zero-order valence-electron chi connectivity index (χ0n) is 15.7. The van der Waals surface area contributed by atoms with E-state index in [0.29, 0.717) is 37.1 Å². The molecule has 7 nitrogen and oxygen atoms in total. The molecular formula is C18H16F4N2O5S2. The number of sulfonamides is 2. The van der Waals surface area contributed by atoms with Crippen LogP contribution in [0.4, 0.5) is 17.6 Å². The van der Waals surface area contributed by atoms with Crippen LogP contribution in [-0.2, 0) is 26.2 Å². The highest BCUT2D eigenvalue weighted by atomic mass is 32.2. The maximum absolute atomic E-state index is 14.5. The predicted octanol–water partition coefficient (Wildman–Crippen LogP) is 2.75. The van der Waals surface area contributed by atoms with Gasteiger partial charge in [-0.2, -0.15) is 17.5 Å². The van der Waals surface area contributed by atoms with E-state index in [9.17, 15) is 39.2 Å². The van der Waals surface area contributed by atoms with Gasteiger partial charge in [-0.05, 0) is 55.3 Å². The molecule has 0 bridgehead atoms. The van der Waals surface area contributed by atoms with E-state index in [1.807, 2.05) is 0 Å². The van der Waals surface area contributed by atoms with Crippen LogP contribution in [0.3, 0.4) is 0 Å². The number of carbonyl (C=O) groups excluding carboxylic acids is 1. The highest BCUT2D eigenvalue weighted by Crippen LogP contribution is 2.29. The first kappa shape index (κ1) is 23.2. The van der Waals surface area contributed by atoms with Gasteiger partial charge >= 0.3 is 6.18 Å². The Morgan fingerprint density at radius 3 is 2.03 bits per heavy atom. The van der Waals surface area contributed by atoms with E-state index >= 15 is 0 Å². The Kier molecular flexibility index (Phi) is 6.13. The van der Waals surface area contributed by atoms with Crippen molar-refractivity contribution < 1.29 is 39.2 Å². The first-order valence-electron chi connectivity index (χ1n) is 8.86. The minimum atomic E-state index is -4.76. The van der Waals surface area contributed by atoms with E-state index in [0.717, 1.165) is 22.5 Å². The summed E-state index contributed by atoms with van der Waals surface area (Å²) in [6.07, 6.45) is -3.32. The van der Waals surface area contributed by atoms with Crippen molar-refractivity contribution in [1.29, 1.82) is 0 Å². The van der Waals surface area contributed by atoms with Gasteiger partial charge in [-0.25, -0.2) is 25.9 Å². The van der Waals surface area contributed by atoms with Crippen LogP contribution in [0.15, 0.2) is 52.3 Å². The highest BCUT2D eigenvalue weighted by molar-refractivity contribution is 7.90. The molecule has 0 aliphatic carbocycles. The predicted molar refractivity (Wildman–Crippen MR) is 100 cm³/mol. The molecule has 0 radical (unpaired) electrons. The molecule has 2 aromatic rings. The minimum Gasteiger partial charge on any atom is -0.268 e. The molecule has 0 saturated carbocycles. The molecule has 1 fully saturated rings. The van der Waals surface area contributed by atoms with E-state index in [1.165, 1.54) is 0 Å². The number of alkyl halides is 3. The first-order chi connectivity index (χ1) is 14.3. The number of carbonyl (C=O) groups is 1. The van der Waals surface area contributed by atoms with Crippen molar-refractivity contribution in [1.82, 2.24) is 9.03 Å². The Balaban J connectivity index is 1.82. The SMILES string of the molecule is O=C(NS(=O)(=O)c1ccc(S(=O)(=O)N2CCCC2)cc1F)c1ccc(C(F)(F)F)cc1. The van der Waals surface area contributed by atoms with E-state index < -0.39 is 58.9 Å². The Labute approximate surface area is 175 Å². The smallest absolute Gasteiger partial charge is 0.268 e. The molecule has 0 spiro atoms. The van der Waals surface area contributed by atoms with E-state index in [1.54, 1.807) is 4.72 Å². The number of benzene rings is 2. The lowest BCUT2D eigenvalue weighted by Gasteiger charge is -2.16. The van der Waals surface area contributed by atoms with E-state index in [-0.39, 0.29) is 13.1 Å². The Morgan fingerprint density at radius 2 is 1.52 bits per heavy atom. The zero-order chi connectivity index (χ0) is 23.0. The number of halogens is 4. The van der Waals surface area contributed by atoms with Gasteiger partial charge in [0.15, 0.2) is 0 Å². The third-order valence-corrected chi connectivity index (χ3v) is 7.86. The highest BCUT2D eigenvalue weighted by Gasteiger charge is 2.31. The fraction of sp³-hybridized carbons (Fsp3) is 0.278. The van der Waals surface area contributed by atoms with E-state index in [2.05, 4.69) is 0 Å². The third-order valence-electron chi connectivity index (χ3n) is 4.60. The molecule has 2 aromatic carbocycles. The largest absolute Gasteiger partial charge is 0.416 e. The zero-order valence-corrected chi connectivity index (χ0v) is 17.3. The van der Waals surface area contributed by atoms with Crippen LogP contribution in [0.5, 0.6) is 0 Å². The second-order valence-electron chi connectivity index (χ2n) is 6.71. The molecule has 1 aliphatic rings. The molecule has 3 rings (SSSR count). The minimum absolute atomic E-state index is 0.271. The molecule has 1 saturated heterocycles. The molecule has 0 aromatic heterocycles. The molecule has 168 valence electrons. The maximum Gasteiger partial charge on any atom is 0.416 e. The van der Waals surface area contributed by atoms with Crippen LogP contribution in [0.1, 0.15) is 28.8 Å². The van der Waals surface area contributed by atoms with Crippen LogP contribution < -0.4 is 4.72 Å². The van der Waals surface area contributed by atoms with Gasteiger partial charge in [-0.15, -0.1) is 0 Å². The topological polar surface area (TPSA) is 101 Å². The van der Waals surface area contributed by atoms with Crippen LogP contribution in [-0.4, -0.2) is 40.1 Å². The van der Waals surface area contributed by atoms with Crippen LogP contribution in [0.25, 0.3) is 0 Å². The lowest BCUT2D eigenvalue weighted by atomic mass is 10.1. The molecule has 0 atom stereocenters. The van der Waals surface area contributed by atoms with Gasteiger partial charge in [0.05, 0.1) is 10.5 Å². The molecule has 1 amide bonds. The average molecular weight is 480 g/mol. The quantitative estimate of drug-likeness (QED) is 0.664. The summed E-state index contributed by atoms with van der Waals surface area (Å²) < 4.78 is 105. The third kappa shape index (κ3) is 4.88. The summed E-state index contributed by atoms with van der Waals surface area (Å²) in [4.78, 5) is 10.7. The normalized spacial score (nSPS) is 15.7. The van der Waals surface area contributed by atoms with Gasteiger partial charge in [-0.3, -0.25) is 4.79 Å². The van der Waals surface area contributed by atoms with Crippen molar-refractivity contribution in [3.8, 4) is 0 Å². The van der Waals surface area contributed by atoms with Crippen molar-refractivity contribution >= 4 is 26.0 Å². The van der Waals surface area contributed by atoms with Gasteiger partial charge in [0.2, 0.25) is 10.0 Å². The molecule has 0 unspecified atom stereocenters. The van der Waals surface area contributed by atoms with Gasteiger partial charge in [0.25, 0.3) is 15.9 Å². The lowest BCUT2D eigenvalue weighted by Crippen LogP contribution is -2.31. The second kappa shape index (κ2) is 8.20. The summed E-state index contributed by atoms with van der Waals surface area (Å²) in [5.74, 6) is -2.67. The summed E-state index contributed by atoms with van der Waals surface area (Å²) in [6.45, 7) is 0.542. The average Bonchev–Trinajstić information content (AvgIpc) is 3.22. The number of nitrogens with one attached hydrogen (secondary N) is 1. The maximum atomic E-state index is 14.5. The summed E-state index contributed by atoms with van der Waals surface area (Å²) in [7, 11) is -8.75. The second-order valence-corrected chi connectivity index (χ2v) is 10.3. The van der Waals surface area contributed by atoms with Crippen molar-refractivity contribution in [3.63, 3.8) is 0 Å². The summed E-state index contributed by atoms with van der Waals surface area (Å²) in [5, 5.41) is 0. The fourth-order valence-electron chi connectivity index (χ4n) is 2.98. The number of hydrogen-bond donors (Lipinski definition) is 1. The Bertz CT molecular complexity index is 1200. The Morgan fingerprint density at radius 1 is 0.935 bits per heavy atom. The van der Waals surface area contributed by atoms with Crippen molar-refractivity contribution in [2.24, 2.45) is 0 Å². The Hall–Kier alpha value is -2.51. The summed E-state index contributed by atoms with van der Waals surface area (Å²) in [6, 6.07) is 4.91. The van der Waals surface area contributed by atoms with Crippen molar-refractivity contribution in [3.05, 3.63) is 59.4 Å². The van der Waals surface area contributed by atoms with Gasteiger partial charge < -0.3 is 0 Å². The molecule has 31 heavy (non-hydrogen) atoms. The molecular weight excluding hydrogens is 464 g/mol. The van der Waals surface area contributed by atoms with E-state index in [4.69, 9.17) is 0 Å².